The summed E-state index contributed by atoms with van der Waals surface area (Å²) in [5.74, 6) is 1.21. The molecule has 6 heteroatoms. The zero-order valence-corrected chi connectivity index (χ0v) is 16.6. The molecule has 1 aliphatic rings. The lowest BCUT2D eigenvalue weighted by Gasteiger charge is -2.34. The minimum Gasteiger partial charge on any atom is -0.497 e. The highest BCUT2D eigenvalue weighted by Crippen LogP contribution is 2.20. The van der Waals surface area contributed by atoms with Gasteiger partial charge in [-0.25, -0.2) is 4.99 Å². The molecule has 142 valence electrons. The van der Waals surface area contributed by atoms with Crippen LogP contribution >= 0.6 is 11.8 Å². The summed E-state index contributed by atoms with van der Waals surface area (Å²) < 4.78 is 5.16. The highest BCUT2D eigenvalue weighted by atomic mass is 32.2. The highest BCUT2D eigenvalue weighted by Gasteiger charge is 2.19. The van der Waals surface area contributed by atoms with Crippen molar-refractivity contribution in [1.29, 1.82) is 0 Å². The maximum absolute atomic E-state index is 12.6. The van der Waals surface area contributed by atoms with E-state index in [9.17, 15) is 4.79 Å². The van der Waals surface area contributed by atoms with Gasteiger partial charge in [0.25, 0.3) is 0 Å². The van der Waals surface area contributed by atoms with Gasteiger partial charge in [0.15, 0.2) is 11.0 Å². The number of aliphatic imine (C=N–C) groups is 1. The van der Waals surface area contributed by atoms with E-state index in [2.05, 4.69) is 16.8 Å². The number of ketones is 1. The number of likely N-dealkylation sites (N-methyl/N-ethyl adjacent to an activating group) is 1. The van der Waals surface area contributed by atoms with E-state index in [1.54, 1.807) is 7.11 Å². The number of carbonyl (C=O) groups excluding carboxylic acids is 1. The van der Waals surface area contributed by atoms with Gasteiger partial charge in [0.1, 0.15) is 5.75 Å². The molecule has 2 aromatic rings. The average molecular weight is 384 g/mol. The molecule has 5 nitrogen and oxygen atoms in total. The van der Waals surface area contributed by atoms with E-state index >= 15 is 0 Å². The van der Waals surface area contributed by atoms with Crippen molar-refractivity contribution >= 4 is 28.4 Å². The molecule has 0 bridgehead atoms. The summed E-state index contributed by atoms with van der Waals surface area (Å²) in [6, 6.07) is 17.2. The first-order chi connectivity index (χ1) is 13.2. The smallest absolute Gasteiger partial charge is 0.173 e. The average Bonchev–Trinajstić information content (AvgIpc) is 2.72. The van der Waals surface area contributed by atoms with Crippen LogP contribution < -0.4 is 4.74 Å². The molecule has 0 atom stereocenters. The van der Waals surface area contributed by atoms with Gasteiger partial charge in [0.05, 0.1) is 18.6 Å². The van der Waals surface area contributed by atoms with Gasteiger partial charge >= 0.3 is 0 Å². The Bertz CT molecular complexity index is 770. The first-order valence-electron chi connectivity index (χ1n) is 9.03. The Morgan fingerprint density at radius 1 is 1.04 bits per heavy atom. The molecular formula is C21H25N3O2S. The fourth-order valence-electron chi connectivity index (χ4n) is 2.80. The first-order valence-corrected chi connectivity index (χ1v) is 10.0. The Morgan fingerprint density at radius 3 is 2.33 bits per heavy atom. The van der Waals surface area contributed by atoms with Crippen molar-refractivity contribution in [1.82, 2.24) is 9.80 Å². The van der Waals surface area contributed by atoms with Crippen LogP contribution in [0.4, 0.5) is 5.69 Å². The van der Waals surface area contributed by atoms with Crippen molar-refractivity contribution in [2.75, 3.05) is 46.1 Å². The SMILES string of the molecule is COc1ccc(C(=O)CSC(=Nc2ccccc2)N2CCN(C)CC2)cc1. The number of thioether (sulfide) groups is 1. The second-order valence-electron chi connectivity index (χ2n) is 6.46. The van der Waals surface area contributed by atoms with Gasteiger partial charge < -0.3 is 14.5 Å². The van der Waals surface area contributed by atoms with E-state index in [1.807, 2.05) is 54.6 Å². The van der Waals surface area contributed by atoms with E-state index < -0.39 is 0 Å². The Balaban J connectivity index is 1.70. The van der Waals surface area contributed by atoms with Crippen LogP contribution in [0.25, 0.3) is 0 Å². The Kier molecular flexibility index (Phi) is 6.90. The number of hydrogen-bond acceptors (Lipinski definition) is 5. The lowest BCUT2D eigenvalue weighted by molar-refractivity contribution is 0.102. The summed E-state index contributed by atoms with van der Waals surface area (Å²) in [5.41, 5.74) is 1.61. The normalized spacial score (nSPS) is 15.6. The van der Waals surface area contributed by atoms with Gasteiger partial charge in [-0.15, -0.1) is 0 Å². The monoisotopic (exact) mass is 383 g/mol. The number of rotatable bonds is 5. The van der Waals surface area contributed by atoms with Crippen LogP contribution in [0.3, 0.4) is 0 Å². The Labute approximate surface area is 165 Å². The Morgan fingerprint density at radius 2 is 1.70 bits per heavy atom. The molecule has 0 aromatic heterocycles. The zero-order chi connectivity index (χ0) is 19.1. The van der Waals surface area contributed by atoms with Gasteiger partial charge in [-0.05, 0) is 43.4 Å². The number of ether oxygens (including phenoxy) is 1. The number of Topliss-reactive ketones (excluding diaryl/α,β-unsaturated/α-hetero) is 1. The van der Waals surface area contributed by atoms with Gasteiger partial charge in [-0.2, -0.15) is 0 Å². The van der Waals surface area contributed by atoms with Crippen LogP contribution in [-0.2, 0) is 0 Å². The van der Waals surface area contributed by atoms with Crippen LogP contribution in [0, 0.1) is 0 Å². The first kappa shape index (κ1) is 19.5. The molecule has 1 heterocycles. The van der Waals surface area contributed by atoms with Gasteiger partial charge in [0.2, 0.25) is 0 Å². The summed E-state index contributed by atoms with van der Waals surface area (Å²) in [6.45, 7) is 3.85. The molecule has 1 fully saturated rings. The van der Waals surface area contributed by atoms with Crippen LogP contribution in [0.15, 0.2) is 59.6 Å². The second-order valence-corrected chi connectivity index (χ2v) is 7.40. The molecular weight excluding hydrogens is 358 g/mol. The molecule has 1 aliphatic heterocycles. The topological polar surface area (TPSA) is 45.1 Å². The quantitative estimate of drug-likeness (QED) is 0.449. The fourth-order valence-corrected chi connectivity index (χ4v) is 3.76. The third-order valence-corrected chi connectivity index (χ3v) is 5.51. The molecule has 1 saturated heterocycles. The summed E-state index contributed by atoms with van der Waals surface area (Å²) >= 11 is 1.51. The van der Waals surface area contributed by atoms with Crippen molar-refractivity contribution in [3.05, 3.63) is 60.2 Å². The molecule has 3 rings (SSSR count). The number of methoxy groups -OCH3 is 1. The highest BCUT2D eigenvalue weighted by molar-refractivity contribution is 8.14. The minimum atomic E-state index is 0.0949. The van der Waals surface area contributed by atoms with Crippen molar-refractivity contribution < 1.29 is 9.53 Å². The number of benzene rings is 2. The Hall–Kier alpha value is -2.31. The molecule has 0 aliphatic carbocycles. The van der Waals surface area contributed by atoms with Crippen molar-refractivity contribution in [2.45, 2.75) is 0 Å². The van der Waals surface area contributed by atoms with Gasteiger partial charge in [-0.1, -0.05) is 30.0 Å². The van der Waals surface area contributed by atoms with Gasteiger partial charge in [0, 0.05) is 31.7 Å². The number of nitrogens with zero attached hydrogens (tertiary/aromatic N) is 3. The number of carbonyl (C=O) groups is 1. The number of amidine groups is 1. The number of para-hydroxylation sites is 1. The van der Waals surface area contributed by atoms with E-state index in [0.29, 0.717) is 11.3 Å². The largest absolute Gasteiger partial charge is 0.497 e. The zero-order valence-electron chi connectivity index (χ0n) is 15.8. The molecule has 27 heavy (non-hydrogen) atoms. The standard InChI is InChI=1S/C21H25N3O2S/c1-23-12-14-24(15-13-23)21(22-18-6-4-3-5-7-18)27-16-20(25)17-8-10-19(26-2)11-9-17/h3-11H,12-16H2,1-2H3. The van der Waals surface area contributed by atoms with E-state index in [4.69, 9.17) is 9.73 Å². The maximum Gasteiger partial charge on any atom is 0.173 e. The molecule has 2 aromatic carbocycles. The van der Waals surface area contributed by atoms with Crippen molar-refractivity contribution in [2.24, 2.45) is 4.99 Å². The summed E-state index contributed by atoms with van der Waals surface area (Å²) in [7, 11) is 3.75. The van der Waals surface area contributed by atoms with Crippen LogP contribution in [0.5, 0.6) is 5.75 Å². The summed E-state index contributed by atoms with van der Waals surface area (Å²) in [6.07, 6.45) is 0. The van der Waals surface area contributed by atoms with Crippen LogP contribution in [-0.4, -0.2) is 66.8 Å². The lowest BCUT2D eigenvalue weighted by Crippen LogP contribution is -2.46. The minimum absolute atomic E-state index is 0.0949. The fraction of sp³-hybridized carbons (Fsp3) is 0.333. The third kappa shape index (κ3) is 5.58. The summed E-state index contributed by atoms with van der Waals surface area (Å²) in [5, 5.41) is 0.913. The van der Waals surface area contributed by atoms with Crippen molar-refractivity contribution in [3.63, 3.8) is 0 Å². The molecule has 0 saturated carbocycles. The van der Waals surface area contributed by atoms with Gasteiger partial charge in [-0.3, -0.25) is 4.79 Å². The second kappa shape index (κ2) is 9.58. The maximum atomic E-state index is 12.6. The predicted octanol–water partition coefficient (Wildman–Crippen LogP) is 3.55. The van der Waals surface area contributed by atoms with Crippen LogP contribution in [0.1, 0.15) is 10.4 Å². The lowest BCUT2D eigenvalue weighted by atomic mass is 10.1. The molecule has 0 spiro atoms. The number of piperazine rings is 1. The predicted molar refractivity (Wildman–Crippen MR) is 112 cm³/mol. The third-order valence-electron chi connectivity index (χ3n) is 4.50. The van der Waals surface area contributed by atoms with E-state index in [1.165, 1.54) is 11.8 Å². The molecule has 0 unspecified atom stereocenters. The van der Waals surface area contributed by atoms with E-state index in [0.717, 1.165) is 42.8 Å². The number of hydrogen-bond donors (Lipinski definition) is 0. The molecule has 0 radical (unpaired) electrons. The molecule has 0 amide bonds. The van der Waals surface area contributed by atoms with Crippen molar-refractivity contribution in [3.8, 4) is 5.75 Å². The van der Waals surface area contributed by atoms with E-state index in [-0.39, 0.29) is 5.78 Å². The van der Waals surface area contributed by atoms with Crippen LogP contribution in [0.2, 0.25) is 0 Å². The molecule has 0 N–H and O–H groups in total. The summed E-state index contributed by atoms with van der Waals surface area (Å²) in [4.78, 5) is 22.0.